The van der Waals surface area contributed by atoms with E-state index in [9.17, 15) is 4.79 Å². The molecule has 1 saturated heterocycles. The maximum absolute atomic E-state index is 12.4. The van der Waals surface area contributed by atoms with Crippen LogP contribution in [0.3, 0.4) is 0 Å². The number of nitrogens with zero attached hydrogens (tertiary/aromatic N) is 3. The van der Waals surface area contributed by atoms with Crippen LogP contribution in [0.4, 0.5) is 5.69 Å². The third-order valence-electron chi connectivity index (χ3n) is 4.43. The molecule has 1 aromatic carbocycles. The van der Waals surface area contributed by atoms with Gasteiger partial charge in [-0.2, -0.15) is 0 Å². The minimum absolute atomic E-state index is 0.334. The lowest BCUT2D eigenvalue weighted by Crippen LogP contribution is -2.46. The molecule has 1 aliphatic rings. The highest BCUT2D eigenvalue weighted by Gasteiger charge is 2.24. The van der Waals surface area contributed by atoms with Crippen LogP contribution >= 0.6 is 11.6 Å². The second kappa shape index (κ2) is 7.36. The molecule has 0 radical (unpaired) electrons. The summed E-state index contributed by atoms with van der Waals surface area (Å²) in [4.78, 5) is 21.5. The van der Waals surface area contributed by atoms with Crippen LogP contribution in [-0.2, 0) is 4.74 Å². The van der Waals surface area contributed by atoms with Crippen molar-refractivity contribution in [3.05, 3.63) is 35.0 Å². The Balaban J connectivity index is 2.08. The molecule has 0 saturated carbocycles. The Kier molecular flexibility index (Phi) is 5.21. The fraction of sp³-hybridized carbons (Fsp3) is 0.444. The molecule has 5 nitrogen and oxygen atoms in total. The van der Waals surface area contributed by atoms with E-state index in [0.29, 0.717) is 17.2 Å². The number of anilines is 1. The summed E-state index contributed by atoms with van der Waals surface area (Å²) in [6, 6.07) is 5.59. The first kappa shape index (κ1) is 17.0. The summed E-state index contributed by atoms with van der Waals surface area (Å²) in [5.74, 6) is -0.334. The average Bonchev–Trinajstić information content (AvgIpc) is 2.61. The molecule has 2 aromatic rings. The number of fused-ring (bicyclic) bond motifs is 1. The molecule has 1 aromatic heterocycles. The largest absolute Gasteiger partial charge is 0.462 e. The number of benzene rings is 1. The van der Waals surface area contributed by atoms with Gasteiger partial charge in [-0.1, -0.05) is 18.5 Å². The standard InChI is InChI=1S/C18H22ClN3O2/c1-3-21-7-9-22(10-8-21)17-14-11-13(19)5-6-16(14)20-12-15(17)18(23)24-4-2/h5-6,11-12H,3-4,7-10H2,1-2H3. The molecule has 0 N–H and O–H groups in total. The van der Waals surface area contributed by atoms with Gasteiger partial charge in [0.05, 0.1) is 17.8 Å². The number of likely N-dealkylation sites (N-methyl/N-ethyl adjacent to an activating group) is 1. The van der Waals surface area contributed by atoms with E-state index >= 15 is 0 Å². The van der Waals surface area contributed by atoms with E-state index in [2.05, 4.69) is 21.7 Å². The maximum Gasteiger partial charge on any atom is 0.341 e. The number of esters is 1. The van der Waals surface area contributed by atoms with E-state index in [0.717, 1.165) is 49.3 Å². The lowest BCUT2D eigenvalue weighted by atomic mass is 10.1. The Labute approximate surface area is 147 Å². The fourth-order valence-corrected chi connectivity index (χ4v) is 3.31. The lowest BCUT2D eigenvalue weighted by molar-refractivity contribution is 0.0526. The number of hydrogen-bond donors (Lipinski definition) is 0. The number of hydrogen-bond acceptors (Lipinski definition) is 5. The Morgan fingerprint density at radius 1 is 1.25 bits per heavy atom. The molecular weight excluding hydrogens is 326 g/mol. The average molecular weight is 348 g/mol. The van der Waals surface area contributed by atoms with Gasteiger partial charge in [0.25, 0.3) is 0 Å². The van der Waals surface area contributed by atoms with Crippen LogP contribution in [0.25, 0.3) is 10.9 Å². The van der Waals surface area contributed by atoms with Gasteiger partial charge in [-0.05, 0) is 31.7 Å². The molecule has 1 fully saturated rings. The first-order valence-corrected chi connectivity index (χ1v) is 8.74. The number of rotatable bonds is 4. The number of halogens is 1. The molecule has 3 rings (SSSR count). The minimum atomic E-state index is -0.334. The molecule has 1 aliphatic heterocycles. The van der Waals surface area contributed by atoms with Crippen molar-refractivity contribution in [2.75, 3.05) is 44.2 Å². The smallest absolute Gasteiger partial charge is 0.341 e. The molecule has 2 heterocycles. The van der Waals surface area contributed by atoms with Crippen LogP contribution in [0.15, 0.2) is 24.4 Å². The summed E-state index contributed by atoms with van der Waals surface area (Å²) in [6.07, 6.45) is 1.62. The number of carbonyl (C=O) groups is 1. The number of piperazine rings is 1. The minimum Gasteiger partial charge on any atom is -0.462 e. The van der Waals surface area contributed by atoms with Gasteiger partial charge in [0.1, 0.15) is 5.56 Å². The van der Waals surface area contributed by atoms with E-state index in [1.165, 1.54) is 0 Å². The lowest BCUT2D eigenvalue weighted by Gasteiger charge is -2.36. The predicted octanol–water partition coefficient (Wildman–Crippen LogP) is 3.21. The fourth-order valence-electron chi connectivity index (χ4n) is 3.14. The first-order chi connectivity index (χ1) is 11.6. The number of pyridine rings is 1. The zero-order valence-electron chi connectivity index (χ0n) is 14.1. The zero-order valence-corrected chi connectivity index (χ0v) is 14.8. The Hall–Kier alpha value is -1.85. The van der Waals surface area contributed by atoms with Crippen molar-refractivity contribution in [2.45, 2.75) is 13.8 Å². The molecule has 6 heteroatoms. The summed E-state index contributed by atoms with van der Waals surface area (Å²) in [5, 5.41) is 1.54. The summed E-state index contributed by atoms with van der Waals surface area (Å²) in [6.45, 7) is 9.05. The van der Waals surface area contributed by atoms with Crippen LogP contribution in [0, 0.1) is 0 Å². The molecule has 0 atom stereocenters. The van der Waals surface area contributed by atoms with E-state index in [-0.39, 0.29) is 5.97 Å². The van der Waals surface area contributed by atoms with Crippen molar-refractivity contribution in [2.24, 2.45) is 0 Å². The summed E-state index contributed by atoms with van der Waals surface area (Å²) in [7, 11) is 0. The molecule has 0 spiro atoms. The van der Waals surface area contributed by atoms with Crippen molar-refractivity contribution >= 4 is 34.2 Å². The van der Waals surface area contributed by atoms with Gasteiger partial charge in [-0.3, -0.25) is 4.98 Å². The third-order valence-corrected chi connectivity index (χ3v) is 4.67. The van der Waals surface area contributed by atoms with Gasteiger partial charge < -0.3 is 14.5 Å². The quantitative estimate of drug-likeness (QED) is 0.795. The number of carbonyl (C=O) groups excluding carboxylic acids is 1. The van der Waals surface area contributed by atoms with Crippen LogP contribution < -0.4 is 4.90 Å². The molecule has 24 heavy (non-hydrogen) atoms. The van der Waals surface area contributed by atoms with Crippen LogP contribution in [-0.4, -0.2) is 55.2 Å². The van der Waals surface area contributed by atoms with E-state index < -0.39 is 0 Å². The van der Waals surface area contributed by atoms with Gasteiger partial charge in [0.2, 0.25) is 0 Å². The second-order valence-corrected chi connectivity index (χ2v) is 6.26. The van der Waals surface area contributed by atoms with E-state index in [4.69, 9.17) is 16.3 Å². The zero-order chi connectivity index (χ0) is 17.1. The SMILES string of the molecule is CCOC(=O)c1cnc2ccc(Cl)cc2c1N1CCN(CC)CC1. The predicted molar refractivity (Wildman–Crippen MR) is 97.0 cm³/mol. The highest BCUT2D eigenvalue weighted by atomic mass is 35.5. The number of aromatic nitrogens is 1. The summed E-state index contributed by atoms with van der Waals surface area (Å²) < 4.78 is 5.23. The molecule has 0 bridgehead atoms. The van der Waals surface area contributed by atoms with Crippen molar-refractivity contribution in [3.8, 4) is 0 Å². The maximum atomic E-state index is 12.4. The van der Waals surface area contributed by atoms with Gasteiger partial charge in [-0.25, -0.2) is 4.79 Å². The highest BCUT2D eigenvalue weighted by molar-refractivity contribution is 6.31. The third kappa shape index (κ3) is 3.32. The molecule has 128 valence electrons. The Morgan fingerprint density at radius 3 is 2.67 bits per heavy atom. The van der Waals surface area contributed by atoms with E-state index in [1.54, 1.807) is 6.20 Å². The molecule has 0 unspecified atom stereocenters. The van der Waals surface area contributed by atoms with Gasteiger partial charge in [0.15, 0.2) is 0 Å². The monoisotopic (exact) mass is 347 g/mol. The highest BCUT2D eigenvalue weighted by Crippen LogP contribution is 2.32. The van der Waals surface area contributed by atoms with Gasteiger partial charge >= 0.3 is 5.97 Å². The Bertz CT molecular complexity index is 742. The van der Waals surface area contributed by atoms with Gasteiger partial charge in [-0.15, -0.1) is 0 Å². The van der Waals surface area contributed by atoms with Crippen LogP contribution in [0.2, 0.25) is 5.02 Å². The topological polar surface area (TPSA) is 45.7 Å². The summed E-state index contributed by atoms with van der Waals surface area (Å²) in [5.41, 5.74) is 2.23. The number of ether oxygens (including phenoxy) is 1. The van der Waals surface area contributed by atoms with Crippen LogP contribution in [0.1, 0.15) is 24.2 Å². The molecule has 0 amide bonds. The van der Waals surface area contributed by atoms with Crippen molar-refractivity contribution < 1.29 is 9.53 Å². The second-order valence-electron chi connectivity index (χ2n) is 5.82. The molecular formula is C18H22ClN3O2. The van der Waals surface area contributed by atoms with Crippen molar-refractivity contribution in [1.29, 1.82) is 0 Å². The molecule has 0 aliphatic carbocycles. The van der Waals surface area contributed by atoms with Crippen molar-refractivity contribution in [3.63, 3.8) is 0 Å². The van der Waals surface area contributed by atoms with Crippen molar-refractivity contribution in [1.82, 2.24) is 9.88 Å². The Morgan fingerprint density at radius 2 is 2.00 bits per heavy atom. The summed E-state index contributed by atoms with van der Waals surface area (Å²) >= 11 is 6.20. The first-order valence-electron chi connectivity index (χ1n) is 8.36. The normalized spacial score (nSPS) is 15.7. The van der Waals surface area contributed by atoms with Gasteiger partial charge in [0, 0.05) is 42.8 Å². The van der Waals surface area contributed by atoms with Crippen LogP contribution in [0.5, 0.6) is 0 Å². The van der Waals surface area contributed by atoms with E-state index in [1.807, 2.05) is 25.1 Å².